The number of ether oxygens (including phenoxy) is 2. The van der Waals surface area contributed by atoms with E-state index in [-0.39, 0.29) is 18.3 Å². The van der Waals surface area contributed by atoms with Crippen LogP contribution in [0.2, 0.25) is 10.0 Å². The number of carbonyl (C=O) groups is 2. The lowest BCUT2D eigenvalue weighted by atomic mass is 10.1. The Balaban J connectivity index is 2.28. The van der Waals surface area contributed by atoms with E-state index < -0.39 is 12.6 Å². The second-order valence-electron chi connectivity index (χ2n) is 6.71. The molecule has 1 N–H and O–H groups in total. The Labute approximate surface area is 192 Å². The number of benzene rings is 2. The van der Waals surface area contributed by atoms with E-state index in [0.29, 0.717) is 28.9 Å². The summed E-state index contributed by atoms with van der Waals surface area (Å²) in [5.74, 6) is -0.582. The lowest BCUT2D eigenvalue weighted by Gasteiger charge is -2.17. The molecule has 0 saturated carbocycles. The molecule has 0 atom stereocenters. The van der Waals surface area contributed by atoms with E-state index in [9.17, 15) is 9.59 Å². The Hall–Kier alpha value is -2.70. The number of hydrogen-bond acceptors (Lipinski definition) is 4. The fraction of sp³-hybridized carbons (Fsp3) is 0.304. The van der Waals surface area contributed by atoms with Crippen molar-refractivity contribution >= 4 is 40.7 Å². The number of likely N-dealkylation sites (N-methyl/N-ethyl adjacent to an activating group) is 1. The van der Waals surface area contributed by atoms with Gasteiger partial charge in [-0.2, -0.15) is 0 Å². The third-order valence-electron chi connectivity index (χ3n) is 4.56. The minimum Gasteiger partial charge on any atom is -0.485 e. The number of halogens is 2. The first-order valence-electron chi connectivity index (χ1n) is 9.78. The van der Waals surface area contributed by atoms with Crippen molar-refractivity contribution in [2.24, 2.45) is 0 Å². The predicted molar refractivity (Wildman–Crippen MR) is 122 cm³/mol. The highest BCUT2D eigenvalue weighted by Gasteiger charge is 2.13. The fourth-order valence-corrected chi connectivity index (χ4v) is 3.28. The lowest BCUT2D eigenvalue weighted by molar-refractivity contribution is -0.139. The summed E-state index contributed by atoms with van der Waals surface area (Å²) < 4.78 is 11.2. The van der Waals surface area contributed by atoms with Crippen molar-refractivity contribution in [3.8, 4) is 11.5 Å². The van der Waals surface area contributed by atoms with Gasteiger partial charge < -0.3 is 19.5 Å². The van der Waals surface area contributed by atoms with Gasteiger partial charge in [0.25, 0.3) is 0 Å². The maximum atomic E-state index is 12.4. The average Bonchev–Trinajstić information content (AvgIpc) is 2.72. The number of allylic oxidation sites excluding steroid dienone is 1. The van der Waals surface area contributed by atoms with Gasteiger partial charge >= 0.3 is 5.97 Å². The maximum Gasteiger partial charge on any atom is 0.341 e. The predicted octanol–water partition coefficient (Wildman–Crippen LogP) is 5.31. The Morgan fingerprint density at radius 1 is 1.03 bits per heavy atom. The van der Waals surface area contributed by atoms with Gasteiger partial charge in [0.1, 0.15) is 6.61 Å². The van der Waals surface area contributed by atoms with Crippen LogP contribution in [0.3, 0.4) is 0 Å². The van der Waals surface area contributed by atoms with E-state index in [2.05, 4.69) is 0 Å². The highest BCUT2D eigenvalue weighted by molar-refractivity contribution is 6.35. The third kappa shape index (κ3) is 7.19. The van der Waals surface area contributed by atoms with Crippen LogP contribution in [-0.2, 0) is 16.2 Å². The molecule has 8 heteroatoms. The Bertz CT molecular complexity index is 970. The van der Waals surface area contributed by atoms with Gasteiger partial charge in [-0.3, -0.25) is 4.79 Å². The van der Waals surface area contributed by atoms with Crippen molar-refractivity contribution in [3.63, 3.8) is 0 Å². The van der Waals surface area contributed by atoms with Gasteiger partial charge in [-0.05, 0) is 56.2 Å². The summed E-state index contributed by atoms with van der Waals surface area (Å²) >= 11 is 12.1. The molecule has 2 aromatic carbocycles. The number of amides is 1. The molecule has 166 valence electrons. The molecule has 2 rings (SSSR count). The van der Waals surface area contributed by atoms with Gasteiger partial charge in [0.15, 0.2) is 18.1 Å². The number of aliphatic carboxylic acids is 1. The average molecular weight is 466 g/mol. The van der Waals surface area contributed by atoms with Crippen LogP contribution in [0.1, 0.15) is 31.9 Å². The summed E-state index contributed by atoms with van der Waals surface area (Å²) in [6, 6.07) is 10.2. The number of carboxylic acid groups (broad SMARTS) is 1. The van der Waals surface area contributed by atoms with E-state index in [1.807, 2.05) is 20.8 Å². The number of rotatable bonds is 10. The molecular weight excluding hydrogens is 441 g/mol. The second-order valence-corrected chi connectivity index (χ2v) is 7.55. The zero-order chi connectivity index (χ0) is 23.0. The number of carbonyl (C=O) groups excluding carboxylic acids is 1. The van der Waals surface area contributed by atoms with Gasteiger partial charge in [0.2, 0.25) is 5.91 Å². The first kappa shape index (κ1) is 24.6. The first-order valence-corrected chi connectivity index (χ1v) is 10.5. The van der Waals surface area contributed by atoms with Crippen molar-refractivity contribution in [2.75, 3.05) is 19.7 Å². The normalized spacial score (nSPS) is 11.2. The quantitative estimate of drug-likeness (QED) is 0.481. The van der Waals surface area contributed by atoms with E-state index in [4.69, 9.17) is 37.8 Å². The fourth-order valence-electron chi connectivity index (χ4n) is 2.81. The molecule has 0 aliphatic heterocycles. The highest BCUT2D eigenvalue weighted by atomic mass is 35.5. The minimum absolute atomic E-state index is 0.0896. The minimum atomic E-state index is -1.11. The van der Waals surface area contributed by atoms with E-state index in [1.165, 1.54) is 0 Å². The van der Waals surface area contributed by atoms with Crippen molar-refractivity contribution in [3.05, 3.63) is 63.6 Å². The summed E-state index contributed by atoms with van der Waals surface area (Å²) in [5, 5.41) is 9.97. The highest BCUT2D eigenvalue weighted by Crippen LogP contribution is 2.32. The zero-order valence-electron chi connectivity index (χ0n) is 17.7. The molecule has 1 amide bonds. The standard InChI is InChI=1S/C23H25Cl2NO5/c1-4-26(5-2)22(27)10-15(3)16-7-9-20(21(11-16)31-14-23(28)29)30-13-17-6-8-18(24)12-19(17)25/h6-12H,4-5,13-14H2,1-3H3,(H,28,29)/b15-10+. The molecule has 6 nitrogen and oxygen atoms in total. The zero-order valence-corrected chi connectivity index (χ0v) is 19.2. The van der Waals surface area contributed by atoms with Crippen molar-refractivity contribution < 1.29 is 24.2 Å². The number of hydrogen-bond donors (Lipinski definition) is 1. The van der Waals surface area contributed by atoms with Crippen LogP contribution >= 0.6 is 23.2 Å². The molecule has 0 radical (unpaired) electrons. The summed E-state index contributed by atoms with van der Waals surface area (Å²) in [5.41, 5.74) is 2.17. The molecule has 0 unspecified atom stereocenters. The molecular formula is C23H25Cl2NO5. The van der Waals surface area contributed by atoms with Gasteiger partial charge in [0, 0.05) is 34.8 Å². The summed E-state index contributed by atoms with van der Waals surface area (Å²) in [7, 11) is 0. The van der Waals surface area contributed by atoms with Crippen molar-refractivity contribution in [1.29, 1.82) is 0 Å². The lowest BCUT2D eigenvalue weighted by Crippen LogP contribution is -2.28. The molecule has 0 aromatic heterocycles. The van der Waals surface area contributed by atoms with E-state index in [0.717, 1.165) is 16.7 Å². The molecule has 0 heterocycles. The number of nitrogens with zero attached hydrogens (tertiary/aromatic N) is 1. The van der Waals surface area contributed by atoms with Crippen molar-refractivity contribution in [2.45, 2.75) is 27.4 Å². The van der Waals surface area contributed by atoms with Crippen LogP contribution in [-0.4, -0.2) is 41.6 Å². The molecule has 0 saturated heterocycles. The van der Waals surface area contributed by atoms with Gasteiger partial charge in [-0.25, -0.2) is 4.79 Å². The van der Waals surface area contributed by atoms with Crippen LogP contribution in [0.15, 0.2) is 42.5 Å². The summed E-state index contributed by atoms with van der Waals surface area (Å²) in [6.45, 7) is 6.50. The number of carboxylic acids is 1. The van der Waals surface area contributed by atoms with Crippen LogP contribution in [0, 0.1) is 0 Å². The summed E-state index contributed by atoms with van der Waals surface area (Å²) in [6.07, 6.45) is 1.55. The SMILES string of the molecule is CCN(CC)C(=O)/C=C(\C)c1ccc(OCc2ccc(Cl)cc2Cl)c(OCC(=O)O)c1. The van der Waals surface area contributed by atoms with Crippen molar-refractivity contribution in [1.82, 2.24) is 4.90 Å². The topological polar surface area (TPSA) is 76.1 Å². The van der Waals surface area contributed by atoms with Gasteiger partial charge in [-0.1, -0.05) is 35.3 Å². The third-order valence-corrected chi connectivity index (χ3v) is 5.15. The Kier molecular flexibility index (Phi) is 9.21. The van der Waals surface area contributed by atoms with E-state index in [1.54, 1.807) is 47.4 Å². The van der Waals surface area contributed by atoms with Gasteiger partial charge in [0.05, 0.1) is 0 Å². The molecule has 0 bridgehead atoms. The second kappa shape index (κ2) is 11.6. The molecule has 0 spiro atoms. The summed E-state index contributed by atoms with van der Waals surface area (Å²) in [4.78, 5) is 25.1. The van der Waals surface area contributed by atoms with Gasteiger partial charge in [-0.15, -0.1) is 0 Å². The van der Waals surface area contributed by atoms with Crippen LogP contribution in [0.4, 0.5) is 0 Å². The Morgan fingerprint density at radius 2 is 1.74 bits per heavy atom. The van der Waals surface area contributed by atoms with E-state index >= 15 is 0 Å². The first-order chi connectivity index (χ1) is 14.7. The molecule has 31 heavy (non-hydrogen) atoms. The monoisotopic (exact) mass is 465 g/mol. The molecule has 0 aliphatic rings. The van der Waals surface area contributed by atoms with Crippen LogP contribution in [0.5, 0.6) is 11.5 Å². The van der Waals surface area contributed by atoms with Crippen LogP contribution < -0.4 is 9.47 Å². The van der Waals surface area contributed by atoms with Crippen LogP contribution in [0.25, 0.3) is 5.57 Å². The molecule has 2 aromatic rings. The largest absolute Gasteiger partial charge is 0.485 e. The molecule has 0 aliphatic carbocycles. The Morgan fingerprint density at radius 3 is 2.35 bits per heavy atom. The molecule has 0 fully saturated rings. The smallest absolute Gasteiger partial charge is 0.341 e. The maximum absolute atomic E-state index is 12.4.